The number of benzene rings is 1. The fraction of sp³-hybridized carbons (Fsp3) is 0.571. The van der Waals surface area contributed by atoms with Gasteiger partial charge in [0.05, 0.1) is 11.8 Å². The van der Waals surface area contributed by atoms with Gasteiger partial charge in [-0.05, 0) is 43.9 Å². The number of rotatable bonds is 4. The van der Waals surface area contributed by atoms with E-state index in [0.717, 1.165) is 0 Å². The van der Waals surface area contributed by atoms with E-state index in [4.69, 9.17) is 11.6 Å². The molecule has 1 spiro atoms. The van der Waals surface area contributed by atoms with Gasteiger partial charge in [0, 0.05) is 28.4 Å². The van der Waals surface area contributed by atoms with Crippen LogP contribution < -0.4 is 10.6 Å². The highest BCUT2D eigenvalue weighted by molar-refractivity contribution is 6.31. The number of fused-ring (bicyclic) bond motifs is 4. The molecule has 0 saturated carbocycles. The first-order valence-corrected chi connectivity index (χ1v) is 10.4. The fourth-order valence-corrected chi connectivity index (χ4v) is 5.30. The number of amides is 3. The van der Waals surface area contributed by atoms with E-state index in [1.54, 1.807) is 18.2 Å². The second-order valence-corrected chi connectivity index (χ2v) is 9.08. The molecule has 3 amide bonds. The van der Waals surface area contributed by atoms with Crippen LogP contribution in [0.5, 0.6) is 0 Å². The van der Waals surface area contributed by atoms with Gasteiger partial charge < -0.3 is 5.32 Å². The summed E-state index contributed by atoms with van der Waals surface area (Å²) in [6.45, 7) is 7.99. The van der Waals surface area contributed by atoms with Gasteiger partial charge in [0.15, 0.2) is 0 Å². The van der Waals surface area contributed by atoms with Crippen LogP contribution in [0.15, 0.2) is 18.2 Å². The molecule has 2 N–H and O–H groups in total. The average Bonchev–Trinajstić information content (AvgIpc) is 3.20. The Morgan fingerprint density at radius 3 is 2.54 bits per heavy atom. The first-order chi connectivity index (χ1) is 13.2. The van der Waals surface area contributed by atoms with Crippen molar-refractivity contribution in [2.24, 2.45) is 17.8 Å². The molecule has 2 fully saturated rings. The van der Waals surface area contributed by atoms with Crippen LogP contribution in [0.25, 0.3) is 0 Å². The molecule has 2 saturated heterocycles. The van der Waals surface area contributed by atoms with Crippen molar-refractivity contribution in [3.63, 3.8) is 0 Å². The molecule has 150 valence electrons. The summed E-state index contributed by atoms with van der Waals surface area (Å²) in [5.74, 6) is -1.68. The summed E-state index contributed by atoms with van der Waals surface area (Å²) in [6.07, 6.45) is 1.39. The lowest BCUT2D eigenvalue weighted by molar-refractivity contribution is -0.145. The van der Waals surface area contributed by atoms with Gasteiger partial charge in [0.25, 0.3) is 0 Å². The zero-order chi connectivity index (χ0) is 20.4. The van der Waals surface area contributed by atoms with Gasteiger partial charge in [0.2, 0.25) is 17.7 Å². The van der Waals surface area contributed by atoms with Gasteiger partial charge in [-0.25, -0.2) is 0 Å². The summed E-state index contributed by atoms with van der Waals surface area (Å²) in [7, 11) is 0. The molecule has 3 heterocycles. The maximum Gasteiger partial charge on any atom is 0.250 e. The first-order valence-electron chi connectivity index (χ1n) is 9.98. The Balaban J connectivity index is 1.89. The predicted molar refractivity (Wildman–Crippen MR) is 107 cm³/mol. The Hall–Kier alpha value is -1.92. The number of imide groups is 1. The third-order valence-electron chi connectivity index (χ3n) is 6.47. The lowest BCUT2D eigenvalue weighted by atomic mass is 9.76. The lowest BCUT2D eigenvalue weighted by Gasteiger charge is -2.31. The number of hydrogen-bond acceptors (Lipinski definition) is 4. The van der Waals surface area contributed by atoms with Crippen LogP contribution in [-0.2, 0) is 19.9 Å². The van der Waals surface area contributed by atoms with Crippen LogP contribution in [-0.4, -0.2) is 34.7 Å². The summed E-state index contributed by atoms with van der Waals surface area (Å²) in [4.78, 5) is 41.4. The van der Waals surface area contributed by atoms with Crippen molar-refractivity contribution in [2.75, 3.05) is 5.32 Å². The Bertz CT molecular complexity index is 870. The molecule has 6 nitrogen and oxygen atoms in total. The van der Waals surface area contributed by atoms with Crippen LogP contribution in [0.2, 0.25) is 5.02 Å². The zero-order valence-electron chi connectivity index (χ0n) is 16.6. The van der Waals surface area contributed by atoms with Crippen molar-refractivity contribution in [3.8, 4) is 0 Å². The highest BCUT2D eigenvalue weighted by atomic mass is 35.5. The number of nitrogens with one attached hydrogen (secondary N) is 2. The number of carbonyl (C=O) groups is 3. The van der Waals surface area contributed by atoms with E-state index < -0.39 is 17.4 Å². The smallest absolute Gasteiger partial charge is 0.250 e. The van der Waals surface area contributed by atoms with Crippen LogP contribution in [0.1, 0.15) is 46.1 Å². The minimum absolute atomic E-state index is 0.164. The van der Waals surface area contributed by atoms with E-state index in [-0.39, 0.29) is 29.8 Å². The van der Waals surface area contributed by atoms with Gasteiger partial charge in [-0.2, -0.15) is 0 Å². The quantitative estimate of drug-likeness (QED) is 0.757. The van der Waals surface area contributed by atoms with Gasteiger partial charge in [-0.1, -0.05) is 32.4 Å². The SMILES string of the molecule is CC[C@H](C)N1C(=O)[C@@H]2[C@H](CC(C)C)N[C@]3(C(=O)Nc4ccc(Cl)cc43)[C@@H]2C1=O. The minimum atomic E-state index is -1.25. The van der Waals surface area contributed by atoms with Crippen molar-refractivity contribution >= 4 is 35.0 Å². The molecule has 0 aliphatic carbocycles. The minimum Gasteiger partial charge on any atom is -0.324 e. The Kier molecular flexibility index (Phi) is 4.55. The normalized spacial score (nSPS) is 32.3. The maximum atomic E-state index is 13.5. The van der Waals surface area contributed by atoms with Crippen molar-refractivity contribution < 1.29 is 14.4 Å². The van der Waals surface area contributed by atoms with E-state index in [2.05, 4.69) is 24.5 Å². The zero-order valence-corrected chi connectivity index (χ0v) is 17.3. The number of carbonyl (C=O) groups excluding carboxylic acids is 3. The molecule has 7 heteroatoms. The topological polar surface area (TPSA) is 78.5 Å². The van der Waals surface area contributed by atoms with Crippen LogP contribution in [0.4, 0.5) is 5.69 Å². The molecule has 3 aliphatic heterocycles. The van der Waals surface area contributed by atoms with E-state index in [1.807, 2.05) is 13.8 Å². The van der Waals surface area contributed by atoms with Gasteiger partial charge >= 0.3 is 0 Å². The summed E-state index contributed by atoms with van der Waals surface area (Å²) < 4.78 is 0. The number of anilines is 1. The third kappa shape index (κ3) is 2.47. The molecule has 0 radical (unpaired) electrons. The third-order valence-corrected chi connectivity index (χ3v) is 6.70. The van der Waals surface area contributed by atoms with Gasteiger partial charge in [0.1, 0.15) is 5.54 Å². The largest absolute Gasteiger partial charge is 0.324 e. The first kappa shape index (κ1) is 19.4. The second kappa shape index (κ2) is 6.56. The number of nitrogens with zero attached hydrogens (tertiary/aromatic N) is 1. The van der Waals surface area contributed by atoms with Crippen LogP contribution in [0.3, 0.4) is 0 Å². The lowest BCUT2D eigenvalue weighted by Crippen LogP contribution is -2.54. The molecule has 0 unspecified atom stereocenters. The molecule has 1 aromatic rings. The molecule has 0 bridgehead atoms. The second-order valence-electron chi connectivity index (χ2n) is 8.64. The van der Waals surface area contributed by atoms with Crippen LogP contribution >= 0.6 is 11.6 Å². The van der Waals surface area contributed by atoms with Crippen molar-refractivity contribution in [1.29, 1.82) is 0 Å². The highest BCUT2D eigenvalue weighted by Gasteiger charge is 2.70. The summed E-state index contributed by atoms with van der Waals surface area (Å²) in [6, 6.07) is 4.77. The van der Waals surface area contributed by atoms with Crippen molar-refractivity contribution in [2.45, 2.75) is 58.2 Å². The molecule has 28 heavy (non-hydrogen) atoms. The van der Waals surface area contributed by atoms with E-state index >= 15 is 0 Å². The number of hydrogen-bond donors (Lipinski definition) is 2. The summed E-state index contributed by atoms with van der Waals surface area (Å²) in [5.41, 5.74) is 0.0610. The Labute approximate surface area is 170 Å². The molecular weight excluding hydrogens is 378 g/mol. The van der Waals surface area contributed by atoms with E-state index in [1.165, 1.54) is 4.90 Å². The summed E-state index contributed by atoms with van der Waals surface area (Å²) in [5, 5.41) is 6.82. The monoisotopic (exact) mass is 403 g/mol. The van der Waals surface area contributed by atoms with Crippen molar-refractivity contribution in [3.05, 3.63) is 28.8 Å². The molecular formula is C21H26ClN3O3. The van der Waals surface area contributed by atoms with Gasteiger partial charge in [-0.15, -0.1) is 0 Å². The molecule has 4 rings (SSSR count). The Morgan fingerprint density at radius 2 is 1.89 bits per heavy atom. The molecule has 1 aromatic carbocycles. The van der Waals surface area contributed by atoms with Gasteiger partial charge in [-0.3, -0.25) is 24.6 Å². The highest BCUT2D eigenvalue weighted by Crippen LogP contribution is 2.54. The summed E-state index contributed by atoms with van der Waals surface area (Å²) >= 11 is 6.23. The maximum absolute atomic E-state index is 13.5. The Morgan fingerprint density at radius 1 is 1.18 bits per heavy atom. The average molecular weight is 404 g/mol. The molecule has 3 aliphatic rings. The molecule has 5 atom stereocenters. The van der Waals surface area contributed by atoms with E-state index in [0.29, 0.717) is 35.0 Å². The van der Waals surface area contributed by atoms with Crippen molar-refractivity contribution in [1.82, 2.24) is 10.2 Å². The molecule has 0 aromatic heterocycles. The number of likely N-dealkylation sites (tertiary alicyclic amines) is 1. The standard InChI is InChI=1S/C21H26ClN3O3/c1-5-11(4)25-18(26)16-15(8-10(2)3)24-21(17(16)19(25)27)13-9-12(22)6-7-14(13)23-20(21)28/h6-7,9-11,15-17,24H,5,8H2,1-4H3,(H,23,28)/t11-,15-,16+,17-,21-/m0/s1. The van der Waals surface area contributed by atoms with E-state index in [9.17, 15) is 14.4 Å². The number of halogens is 1. The van der Waals surface area contributed by atoms with Crippen LogP contribution in [0, 0.1) is 17.8 Å². The fourth-order valence-electron chi connectivity index (χ4n) is 5.12. The predicted octanol–water partition coefficient (Wildman–Crippen LogP) is 2.91.